The molecular formula is C15H17N3O3. The van der Waals surface area contributed by atoms with Crippen molar-refractivity contribution in [3.63, 3.8) is 0 Å². The van der Waals surface area contributed by atoms with Crippen LogP contribution in [0.15, 0.2) is 30.5 Å². The maximum Gasteiger partial charge on any atom is 0.335 e. The van der Waals surface area contributed by atoms with Crippen molar-refractivity contribution in [3.05, 3.63) is 52.8 Å². The molecule has 0 saturated carbocycles. The van der Waals surface area contributed by atoms with Gasteiger partial charge in [-0.2, -0.15) is 5.10 Å². The Balaban J connectivity index is 1.99. The first kappa shape index (κ1) is 14.8. The molecule has 0 fully saturated rings. The van der Waals surface area contributed by atoms with Crippen LogP contribution in [0.1, 0.15) is 27.2 Å². The zero-order chi connectivity index (χ0) is 15.4. The highest BCUT2D eigenvalue weighted by atomic mass is 16.4. The van der Waals surface area contributed by atoms with Crippen molar-refractivity contribution in [3.8, 4) is 0 Å². The number of aromatic carboxylic acids is 1. The summed E-state index contributed by atoms with van der Waals surface area (Å²) in [5, 5.41) is 16.1. The molecule has 1 aromatic carbocycles. The second-order valence-corrected chi connectivity index (χ2v) is 4.83. The molecule has 0 bridgehead atoms. The van der Waals surface area contributed by atoms with Crippen molar-refractivity contribution in [1.82, 2.24) is 15.1 Å². The first-order valence-electron chi connectivity index (χ1n) is 6.54. The number of nitrogens with zero attached hydrogens (tertiary/aromatic N) is 2. The Morgan fingerprint density at radius 2 is 2.00 bits per heavy atom. The van der Waals surface area contributed by atoms with Gasteiger partial charge in [0, 0.05) is 25.4 Å². The third-order valence-electron chi connectivity index (χ3n) is 3.19. The number of aryl methyl sites for hydroxylation is 2. The molecule has 1 heterocycles. The molecule has 110 valence electrons. The Kier molecular flexibility index (Phi) is 4.37. The molecule has 2 N–H and O–H groups in total. The SMILES string of the molecule is Cc1nn(C)cc1CNC(=O)Cc1ccccc1C(=O)O. The van der Waals surface area contributed by atoms with E-state index in [1.807, 2.05) is 20.2 Å². The Morgan fingerprint density at radius 1 is 1.29 bits per heavy atom. The normalized spacial score (nSPS) is 10.4. The van der Waals surface area contributed by atoms with Crippen molar-refractivity contribution >= 4 is 11.9 Å². The minimum Gasteiger partial charge on any atom is -0.478 e. The lowest BCUT2D eigenvalue weighted by atomic mass is 10.0. The van der Waals surface area contributed by atoms with E-state index in [0.29, 0.717) is 12.1 Å². The van der Waals surface area contributed by atoms with Crippen LogP contribution in [0.2, 0.25) is 0 Å². The van der Waals surface area contributed by atoms with E-state index in [1.165, 1.54) is 6.07 Å². The lowest BCUT2D eigenvalue weighted by molar-refractivity contribution is -0.120. The van der Waals surface area contributed by atoms with Gasteiger partial charge in [0.25, 0.3) is 0 Å². The molecule has 21 heavy (non-hydrogen) atoms. The standard InChI is InChI=1S/C15H17N3O3/c1-10-12(9-18(2)17-10)8-16-14(19)7-11-5-3-4-6-13(11)15(20)21/h3-6,9H,7-8H2,1-2H3,(H,16,19)(H,20,21). The molecule has 0 atom stereocenters. The van der Waals surface area contributed by atoms with E-state index < -0.39 is 5.97 Å². The molecule has 0 saturated heterocycles. The highest BCUT2D eigenvalue weighted by Crippen LogP contribution is 2.10. The molecule has 6 heteroatoms. The predicted molar refractivity (Wildman–Crippen MR) is 76.9 cm³/mol. The predicted octanol–water partition coefficient (Wildman–Crippen LogP) is 1.29. The number of carbonyl (C=O) groups excluding carboxylic acids is 1. The molecule has 1 aromatic heterocycles. The molecule has 0 spiro atoms. The fourth-order valence-corrected chi connectivity index (χ4v) is 2.13. The molecule has 6 nitrogen and oxygen atoms in total. The minimum atomic E-state index is -1.03. The van der Waals surface area contributed by atoms with Crippen molar-refractivity contribution in [2.45, 2.75) is 19.9 Å². The number of hydrogen-bond acceptors (Lipinski definition) is 3. The second kappa shape index (κ2) is 6.21. The van der Waals surface area contributed by atoms with Crippen molar-refractivity contribution < 1.29 is 14.7 Å². The quantitative estimate of drug-likeness (QED) is 0.867. The lowest BCUT2D eigenvalue weighted by Crippen LogP contribution is -2.25. The van der Waals surface area contributed by atoms with Gasteiger partial charge in [-0.15, -0.1) is 0 Å². The summed E-state index contributed by atoms with van der Waals surface area (Å²) in [5.74, 6) is -1.24. The van der Waals surface area contributed by atoms with Gasteiger partial charge in [0.2, 0.25) is 5.91 Å². The topological polar surface area (TPSA) is 84.2 Å². The maximum absolute atomic E-state index is 11.9. The zero-order valence-electron chi connectivity index (χ0n) is 12.0. The van der Waals surface area contributed by atoms with Crippen molar-refractivity contribution in [2.75, 3.05) is 0 Å². The van der Waals surface area contributed by atoms with Crippen molar-refractivity contribution in [2.24, 2.45) is 7.05 Å². The lowest BCUT2D eigenvalue weighted by Gasteiger charge is -2.07. The number of hydrogen-bond donors (Lipinski definition) is 2. The summed E-state index contributed by atoms with van der Waals surface area (Å²) in [4.78, 5) is 23.0. The minimum absolute atomic E-state index is 0.0434. The Labute approximate surface area is 122 Å². The number of amides is 1. The molecule has 0 aliphatic carbocycles. The molecular weight excluding hydrogens is 270 g/mol. The smallest absolute Gasteiger partial charge is 0.335 e. The fourth-order valence-electron chi connectivity index (χ4n) is 2.13. The van der Waals surface area contributed by atoms with Crippen molar-refractivity contribution in [1.29, 1.82) is 0 Å². The summed E-state index contributed by atoms with van der Waals surface area (Å²) in [5.41, 5.74) is 2.47. The third kappa shape index (κ3) is 3.68. The summed E-state index contributed by atoms with van der Waals surface area (Å²) >= 11 is 0. The van der Waals surface area contributed by atoms with Crippen LogP contribution in [-0.2, 0) is 24.8 Å². The van der Waals surface area contributed by atoms with Gasteiger partial charge in [0.1, 0.15) is 0 Å². The van der Waals surface area contributed by atoms with E-state index in [0.717, 1.165) is 11.3 Å². The molecule has 2 rings (SSSR count). The Morgan fingerprint density at radius 3 is 2.62 bits per heavy atom. The van der Waals surface area contributed by atoms with Gasteiger partial charge < -0.3 is 10.4 Å². The molecule has 0 aliphatic heterocycles. The van der Waals surface area contributed by atoms with E-state index in [2.05, 4.69) is 10.4 Å². The van der Waals surface area contributed by atoms with E-state index in [1.54, 1.807) is 22.9 Å². The number of benzene rings is 1. The number of carboxylic acids is 1. The third-order valence-corrected chi connectivity index (χ3v) is 3.19. The summed E-state index contributed by atoms with van der Waals surface area (Å²) in [6.07, 6.45) is 1.89. The van der Waals surface area contributed by atoms with Gasteiger partial charge in [-0.25, -0.2) is 4.79 Å². The molecule has 0 aliphatic rings. The molecule has 2 aromatic rings. The van der Waals surface area contributed by atoms with Crippen LogP contribution in [0, 0.1) is 6.92 Å². The average molecular weight is 287 g/mol. The maximum atomic E-state index is 11.9. The van der Waals surface area contributed by atoms with Crippen LogP contribution in [-0.4, -0.2) is 26.8 Å². The fraction of sp³-hybridized carbons (Fsp3) is 0.267. The average Bonchev–Trinajstić information content (AvgIpc) is 2.75. The van der Waals surface area contributed by atoms with Gasteiger partial charge in [-0.05, 0) is 18.6 Å². The first-order valence-corrected chi connectivity index (χ1v) is 6.54. The summed E-state index contributed by atoms with van der Waals surface area (Å²) < 4.78 is 1.69. The largest absolute Gasteiger partial charge is 0.478 e. The molecule has 0 unspecified atom stereocenters. The van der Waals surface area contributed by atoms with E-state index in [-0.39, 0.29) is 17.9 Å². The van der Waals surface area contributed by atoms with Crippen LogP contribution >= 0.6 is 0 Å². The number of carboxylic acid groups (broad SMARTS) is 1. The number of aromatic nitrogens is 2. The highest BCUT2D eigenvalue weighted by Gasteiger charge is 2.12. The van der Waals surface area contributed by atoms with Gasteiger partial charge in [-0.3, -0.25) is 9.48 Å². The highest BCUT2D eigenvalue weighted by molar-refractivity contribution is 5.91. The van der Waals surface area contributed by atoms with E-state index in [4.69, 9.17) is 5.11 Å². The van der Waals surface area contributed by atoms with Crippen LogP contribution in [0.25, 0.3) is 0 Å². The van der Waals surface area contributed by atoms with Crippen LogP contribution < -0.4 is 5.32 Å². The number of nitrogens with one attached hydrogen (secondary N) is 1. The summed E-state index contributed by atoms with van der Waals surface area (Å²) in [7, 11) is 1.82. The van der Waals surface area contributed by atoms with Crippen LogP contribution in [0.5, 0.6) is 0 Å². The number of rotatable bonds is 5. The second-order valence-electron chi connectivity index (χ2n) is 4.83. The Bertz CT molecular complexity index is 677. The number of carbonyl (C=O) groups is 2. The monoisotopic (exact) mass is 287 g/mol. The van der Waals surface area contributed by atoms with Gasteiger partial charge in [0.15, 0.2) is 0 Å². The van der Waals surface area contributed by atoms with Crippen LogP contribution in [0.4, 0.5) is 0 Å². The zero-order valence-corrected chi connectivity index (χ0v) is 12.0. The van der Waals surface area contributed by atoms with E-state index in [9.17, 15) is 9.59 Å². The summed E-state index contributed by atoms with van der Waals surface area (Å²) in [6, 6.07) is 6.51. The molecule has 0 radical (unpaired) electrons. The van der Waals surface area contributed by atoms with Gasteiger partial charge in [-0.1, -0.05) is 18.2 Å². The first-order chi connectivity index (χ1) is 9.97. The summed E-state index contributed by atoms with van der Waals surface area (Å²) in [6.45, 7) is 2.26. The van der Waals surface area contributed by atoms with E-state index >= 15 is 0 Å². The van der Waals surface area contributed by atoms with Crippen LogP contribution in [0.3, 0.4) is 0 Å². The van der Waals surface area contributed by atoms with Gasteiger partial charge >= 0.3 is 5.97 Å². The Hall–Kier alpha value is -2.63. The molecule has 1 amide bonds. The van der Waals surface area contributed by atoms with Gasteiger partial charge in [0.05, 0.1) is 17.7 Å².